The van der Waals surface area contributed by atoms with E-state index in [-0.39, 0.29) is 11.9 Å². The lowest BCUT2D eigenvalue weighted by atomic mass is 10.0. The van der Waals surface area contributed by atoms with Crippen molar-refractivity contribution in [1.29, 1.82) is 0 Å². The van der Waals surface area contributed by atoms with Crippen LogP contribution in [0.3, 0.4) is 0 Å². The third-order valence-corrected chi connectivity index (χ3v) is 3.59. The number of hydrogen-bond donors (Lipinski definition) is 1. The van der Waals surface area contributed by atoms with Gasteiger partial charge in [0.25, 0.3) is 0 Å². The molecule has 1 fully saturated rings. The Bertz CT molecular complexity index is 482. The van der Waals surface area contributed by atoms with E-state index in [1.54, 1.807) is 12.1 Å². The highest BCUT2D eigenvalue weighted by Crippen LogP contribution is 2.26. The Morgan fingerprint density at radius 1 is 1.42 bits per heavy atom. The van der Waals surface area contributed by atoms with Crippen LogP contribution in [0, 0.1) is 0 Å². The van der Waals surface area contributed by atoms with Gasteiger partial charge in [0.2, 0.25) is 5.91 Å². The average Bonchev–Trinajstić information content (AvgIpc) is 2.39. The number of amides is 1. The highest BCUT2D eigenvalue weighted by molar-refractivity contribution is 6.31. The van der Waals surface area contributed by atoms with Gasteiger partial charge in [0.15, 0.2) is 6.29 Å². The lowest BCUT2D eigenvalue weighted by Crippen LogP contribution is -2.44. The standard InChI is InChI=1S/C14H17ClN2O2/c1-10(19)16-13-4-6-17(7-5-13)14-3-2-12(15)8-11(14)9-18/h2-3,8-9,13H,4-7H2,1H3,(H,16,19). The van der Waals surface area contributed by atoms with Crippen LogP contribution in [0.1, 0.15) is 30.1 Å². The van der Waals surface area contributed by atoms with Gasteiger partial charge in [-0.2, -0.15) is 0 Å². The van der Waals surface area contributed by atoms with E-state index in [0.717, 1.165) is 37.9 Å². The van der Waals surface area contributed by atoms with Crippen molar-refractivity contribution >= 4 is 29.5 Å². The van der Waals surface area contributed by atoms with Crippen LogP contribution in [0.4, 0.5) is 5.69 Å². The quantitative estimate of drug-likeness (QED) is 0.864. The molecule has 1 heterocycles. The largest absolute Gasteiger partial charge is 0.371 e. The molecular weight excluding hydrogens is 264 g/mol. The predicted octanol–water partition coefficient (Wildman–Crippen LogP) is 2.26. The number of aldehydes is 1. The van der Waals surface area contributed by atoms with Crippen molar-refractivity contribution in [3.63, 3.8) is 0 Å². The first-order valence-corrected chi connectivity index (χ1v) is 6.74. The van der Waals surface area contributed by atoms with Gasteiger partial charge in [-0.1, -0.05) is 11.6 Å². The molecule has 0 bridgehead atoms. The first kappa shape index (κ1) is 13.9. The van der Waals surface area contributed by atoms with Gasteiger partial charge in [0.05, 0.1) is 0 Å². The molecule has 0 atom stereocenters. The number of carbonyl (C=O) groups is 2. The maximum atomic E-state index is 11.1. The van der Waals surface area contributed by atoms with Crippen LogP contribution in [-0.4, -0.2) is 31.3 Å². The smallest absolute Gasteiger partial charge is 0.217 e. The summed E-state index contributed by atoms with van der Waals surface area (Å²) in [6, 6.07) is 5.60. The van der Waals surface area contributed by atoms with E-state index in [1.807, 2.05) is 6.07 Å². The highest BCUT2D eigenvalue weighted by atomic mass is 35.5. The van der Waals surface area contributed by atoms with Crippen molar-refractivity contribution in [1.82, 2.24) is 5.32 Å². The summed E-state index contributed by atoms with van der Waals surface area (Å²) in [6.07, 6.45) is 2.61. The number of rotatable bonds is 3. The van der Waals surface area contributed by atoms with E-state index >= 15 is 0 Å². The van der Waals surface area contributed by atoms with Gasteiger partial charge in [0.1, 0.15) is 0 Å². The molecular formula is C14H17ClN2O2. The fraction of sp³-hybridized carbons (Fsp3) is 0.429. The second-order valence-electron chi connectivity index (χ2n) is 4.78. The molecule has 19 heavy (non-hydrogen) atoms. The summed E-state index contributed by atoms with van der Waals surface area (Å²) in [5.74, 6) is 0.0125. The molecule has 102 valence electrons. The predicted molar refractivity (Wildman–Crippen MR) is 75.9 cm³/mol. The molecule has 0 unspecified atom stereocenters. The molecule has 2 rings (SSSR count). The molecule has 4 nitrogen and oxygen atoms in total. The Kier molecular flexibility index (Phi) is 4.43. The molecule has 0 spiro atoms. The summed E-state index contributed by atoms with van der Waals surface area (Å²) in [4.78, 5) is 24.3. The molecule has 0 aliphatic carbocycles. The Balaban J connectivity index is 2.05. The van der Waals surface area contributed by atoms with Gasteiger partial charge in [-0.25, -0.2) is 0 Å². The van der Waals surface area contributed by atoms with Crippen molar-refractivity contribution in [2.75, 3.05) is 18.0 Å². The molecule has 1 aliphatic heterocycles. The Labute approximate surface area is 117 Å². The number of benzene rings is 1. The van der Waals surface area contributed by atoms with E-state index < -0.39 is 0 Å². The summed E-state index contributed by atoms with van der Waals surface area (Å²) in [5, 5.41) is 3.50. The molecule has 1 N–H and O–H groups in total. The van der Waals surface area contributed by atoms with Gasteiger partial charge in [-0.05, 0) is 31.0 Å². The Morgan fingerprint density at radius 2 is 2.11 bits per heavy atom. The van der Waals surface area contributed by atoms with Crippen molar-refractivity contribution in [2.24, 2.45) is 0 Å². The zero-order valence-electron chi connectivity index (χ0n) is 10.9. The second-order valence-corrected chi connectivity index (χ2v) is 5.22. The first-order chi connectivity index (χ1) is 9.10. The van der Waals surface area contributed by atoms with E-state index in [2.05, 4.69) is 10.2 Å². The number of piperidine rings is 1. The number of carbonyl (C=O) groups excluding carboxylic acids is 2. The number of nitrogens with zero attached hydrogens (tertiary/aromatic N) is 1. The average molecular weight is 281 g/mol. The van der Waals surface area contributed by atoms with Crippen molar-refractivity contribution < 1.29 is 9.59 Å². The summed E-state index contributed by atoms with van der Waals surface area (Å²) < 4.78 is 0. The molecule has 0 saturated carbocycles. The molecule has 1 amide bonds. The topological polar surface area (TPSA) is 49.4 Å². The monoisotopic (exact) mass is 280 g/mol. The van der Waals surface area contributed by atoms with Crippen LogP contribution >= 0.6 is 11.6 Å². The van der Waals surface area contributed by atoms with E-state index in [1.165, 1.54) is 6.92 Å². The minimum Gasteiger partial charge on any atom is -0.371 e. The molecule has 0 radical (unpaired) electrons. The molecule has 5 heteroatoms. The zero-order chi connectivity index (χ0) is 13.8. The molecule has 1 aliphatic rings. The Morgan fingerprint density at radius 3 is 2.68 bits per heavy atom. The Hall–Kier alpha value is -1.55. The maximum absolute atomic E-state index is 11.1. The second kappa shape index (κ2) is 6.06. The van der Waals surface area contributed by atoms with Crippen LogP contribution in [0.2, 0.25) is 5.02 Å². The third-order valence-electron chi connectivity index (χ3n) is 3.36. The normalized spacial score (nSPS) is 16.2. The van der Waals surface area contributed by atoms with Crippen molar-refractivity contribution in [3.05, 3.63) is 28.8 Å². The molecule has 1 aromatic rings. The molecule has 1 aromatic carbocycles. The van der Waals surface area contributed by atoms with E-state index in [4.69, 9.17) is 11.6 Å². The number of halogens is 1. The summed E-state index contributed by atoms with van der Waals surface area (Å²) in [5.41, 5.74) is 1.53. The van der Waals surface area contributed by atoms with Gasteiger partial charge in [0, 0.05) is 42.3 Å². The molecule has 1 saturated heterocycles. The van der Waals surface area contributed by atoms with Crippen molar-refractivity contribution in [3.8, 4) is 0 Å². The van der Waals surface area contributed by atoms with E-state index in [9.17, 15) is 9.59 Å². The summed E-state index contributed by atoms with van der Waals surface area (Å²) >= 11 is 5.89. The highest BCUT2D eigenvalue weighted by Gasteiger charge is 2.21. The SMILES string of the molecule is CC(=O)NC1CCN(c2ccc(Cl)cc2C=O)CC1. The van der Waals surface area contributed by atoms with Crippen molar-refractivity contribution in [2.45, 2.75) is 25.8 Å². The van der Waals surface area contributed by atoms with Crippen LogP contribution in [0.25, 0.3) is 0 Å². The molecule has 0 aromatic heterocycles. The minimum absolute atomic E-state index is 0.0125. The number of anilines is 1. The fourth-order valence-electron chi connectivity index (χ4n) is 2.46. The lowest BCUT2D eigenvalue weighted by Gasteiger charge is -2.34. The maximum Gasteiger partial charge on any atom is 0.217 e. The zero-order valence-corrected chi connectivity index (χ0v) is 11.6. The van der Waals surface area contributed by atoms with Crippen LogP contribution in [0.15, 0.2) is 18.2 Å². The number of hydrogen-bond acceptors (Lipinski definition) is 3. The van der Waals surface area contributed by atoms with Crippen LogP contribution < -0.4 is 10.2 Å². The van der Waals surface area contributed by atoms with E-state index in [0.29, 0.717) is 10.6 Å². The third kappa shape index (κ3) is 3.47. The summed E-state index contributed by atoms with van der Waals surface area (Å²) in [7, 11) is 0. The van der Waals surface area contributed by atoms with Gasteiger partial charge in [-0.15, -0.1) is 0 Å². The fourth-order valence-corrected chi connectivity index (χ4v) is 2.64. The number of nitrogens with one attached hydrogen (secondary N) is 1. The minimum atomic E-state index is 0.0125. The summed E-state index contributed by atoms with van der Waals surface area (Å²) in [6.45, 7) is 3.19. The van der Waals surface area contributed by atoms with Gasteiger partial charge < -0.3 is 10.2 Å². The lowest BCUT2D eigenvalue weighted by molar-refractivity contribution is -0.119. The van der Waals surface area contributed by atoms with Crippen LogP contribution in [0.5, 0.6) is 0 Å². The van der Waals surface area contributed by atoms with Gasteiger partial charge >= 0.3 is 0 Å². The first-order valence-electron chi connectivity index (χ1n) is 6.37. The van der Waals surface area contributed by atoms with Crippen LogP contribution in [-0.2, 0) is 4.79 Å². The van der Waals surface area contributed by atoms with Gasteiger partial charge in [-0.3, -0.25) is 9.59 Å².